The number of carboxylic acid groups (broad SMARTS) is 1. The summed E-state index contributed by atoms with van der Waals surface area (Å²) in [7, 11) is 0. The van der Waals surface area contributed by atoms with Gasteiger partial charge >= 0.3 is 5.97 Å². The molecule has 0 spiro atoms. The maximum absolute atomic E-state index is 10.7. The summed E-state index contributed by atoms with van der Waals surface area (Å²) >= 11 is 1.42. The minimum absolute atomic E-state index is 0.278. The minimum Gasteiger partial charge on any atom is -0.478 e. The van der Waals surface area contributed by atoms with Crippen LogP contribution in [0.4, 0.5) is 0 Å². The lowest BCUT2D eigenvalue weighted by Crippen LogP contribution is -1.95. The molecule has 0 atom stereocenters. The number of aromatic nitrogens is 2. The van der Waals surface area contributed by atoms with E-state index in [1.54, 1.807) is 24.3 Å². The van der Waals surface area contributed by atoms with Gasteiger partial charge in [-0.25, -0.2) is 14.8 Å². The van der Waals surface area contributed by atoms with E-state index < -0.39 is 5.97 Å². The van der Waals surface area contributed by atoms with Crippen molar-refractivity contribution in [1.82, 2.24) is 9.97 Å². The second kappa shape index (κ2) is 5.18. The van der Waals surface area contributed by atoms with Crippen molar-refractivity contribution < 1.29 is 9.90 Å². The number of nitrogens with zero attached hydrogens (tertiary/aromatic N) is 2. The summed E-state index contributed by atoms with van der Waals surface area (Å²) in [4.78, 5) is 20.3. The van der Waals surface area contributed by atoms with Gasteiger partial charge in [0.05, 0.1) is 5.56 Å². The number of aryl methyl sites for hydroxylation is 2. The third-order valence-electron chi connectivity index (χ3n) is 2.27. The highest BCUT2D eigenvalue weighted by atomic mass is 32.2. The van der Waals surface area contributed by atoms with Crippen LogP contribution in [0.25, 0.3) is 0 Å². The molecule has 1 aromatic carbocycles. The molecule has 92 valence electrons. The van der Waals surface area contributed by atoms with Crippen LogP contribution < -0.4 is 0 Å². The van der Waals surface area contributed by atoms with Crippen molar-refractivity contribution in [2.75, 3.05) is 0 Å². The quantitative estimate of drug-likeness (QED) is 0.860. The number of benzene rings is 1. The number of hydrogen-bond donors (Lipinski definition) is 1. The first-order valence-corrected chi connectivity index (χ1v) is 6.20. The Kier molecular flexibility index (Phi) is 3.62. The van der Waals surface area contributed by atoms with Gasteiger partial charge in [-0.3, -0.25) is 0 Å². The Bertz CT molecular complexity index is 562. The van der Waals surface area contributed by atoms with E-state index in [4.69, 9.17) is 5.11 Å². The van der Waals surface area contributed by atoms with Gasteiger partial charge in [0.15, 0.2) is 5.16 Å². The molecule has 2 rings (SSSR count). The molecular formula is C13H12N2O2S. The highest BCUT2D eigenvalue weighted by Crippen LogP contribution is 2.25. The third-order valence-corrected chi connectivity index (χ3v) is 3.15. The number of hydrogen-bond acceptors (Lipinski definition) is 4. The van der Waals surface area contributed by atoms with Crippen LogP contribution >= 0.6 is 11.8 Å². The van der Waals surface area contributed by atoms with Gasteiger partial charge in [0.25, 0.3) is 0 Å². The molecule has 0 aliphatic heterocycles. The standard InChI is InChI=1S/C13H12N2O2S/c1-8-7-9(2)15-13(14-8)18-11-5-3-10(4-6-11)12(16)17/h3-7H,1-2H3,(H,16,17). The van der Waals surface area contributed by atoms with Crippen LogP contribution in [-0.2, 0) is 0 Å². The molecule has 0 bridgehead atoms. The summed E-state index contributed by atoms with van der Waals surface area (Å²) in [6, 6.07) is 8.59. The molecule has 0 amide bonds. The fourth-order valence-corrected chi connectivity index (χ4v) is 2.37. The van der Waals surface area contributed by atoms with Crippen LogP contribution in [0.15, 0.2) is 40.4 Å². The summed E-state index contributed by atoms with van der Waals surface area (Å²) in [5.74, 6) is -0.922. The molecule has 0 saturated carbocycles. The average molecular weight is 260 g/mol. The maximum Gasteiger partial charge on any atom is 0.335 e. The van der Waals surface area contributed by atoms with E-state index in [1.165, 1.54) is 11.8 Å². The van der Waals surface area contributed by atoms with Crippen molar-refractivity contribution in [1.29, 1.82) is 0 Å². The Balaban J connectivity index is 2.20. The maximum atomic E-state index is 10.7. The monoisotopic (exact) mass is 260 g/mol. The van der Waals surface area contributed by atoms with E-state index >= 15 is 0 Å². The van der Waals surface area contributed by atoms with Crippen LogP contribution in [0, 0.1) is 13.8 Å². The Hall–Kier alpha value is -1.88. The smallest absolute Gasteiger partial charge is 0.335 e. The molecule has 0 fully saturated rings. The SMILES string of the molecule is Cc1cc(C)nc(Sc2ccc(C(=O)O)cc2)n1. The first-order valence-electron chi connectivity index (χ1n) is 5.38. The van der Waals surface area contributed by atoms with E-state index in [1.807, 2.05) is 19.9 Å². The van der Waals surface area contributed by atoms with Crippen LogP contribution in [0.1, 0.15) is 21.7 Å². The molecule has 1 aromatic heterocycles. The molecule has 18 heavy (non-hydrogen) atoms. The van der Waals surface area contributed by atoms with Gasteiger partial charge in [-0.15, -0.1) is 0 Å². The van der Waals surface area contributed by atoms with Gasteiger partial charge < -0.3 is 5.11 Å². The molecule has 4 nitrogen and oxygen atoms in total. The van der Waals surface area contributed by atoms with E-state index in [9.17, 15) is 4.79 Å². The molecule has 0 saturated heterocycles. The van der Waals surface area contributed by atoms with Crippen molar-refractivity contribution >= 4 is 17.7 Å². The van der Waals surface area contributed by atoms with Crippen molar-refractivity contribution in [2.24, 2.45) is 0 Å². The predicted molar refractivity (Wildman–Crippen MR) is 69.0 cm³/mol. The molecular weight excluding hydrogens is 248 g/mol. The lowest BCUT2D eigenvalue weighted by Gasteiger charge is -2.03. The predicted octanol–water partition coefficient (Wildman–Crippen LogP) is 2.94. The van der Waals surface area contributed by atoms with Crippen molar-refractivity contribution in [3.63, 3.8) is 0 Å². The van der Waals surface area contributed by atoms with Crippen LogP contribution in [-0.4, -0.2) is 21.0 Å². The van der Waals surface area contributed by atoms with Gasteiger partial charge in [-0.05, 0) is 55.9 Å². The van der Waals surface area contributed by atoms with E-state index in [0.29, 0.717) is 5.16 Å². The van der Waals surface area contributed by atoms with Gasteiger partial charge in [0, 0.05) is 16.3 Å². The zero-order valence-electron chi connectivity index (χ0n) is 10.0. The van der Waals surface area contributed by atoms with Gasteiger partial charge in [0.1, 0.15) is 0 Å². The van der Waals surface area contributed by atoms with Crippen LogP contribution in [0.5, 0.6) is 0 Å². The minimum atomic E-state index is -0.922. The van der Waals surface area contributed by atoms with E-state index in [0.717, 1.165) is 16.3 Å². The molecule has 0 aliphatic carbocycles. The highest BCUT2D eigenvalue weighted by molar-refractivity contribution is 7.99. The first-order chi connectivity index (χ1) is 8.54. The largest absolute Gasteiger partial charge is 0.478 e. The Morgan fingerprint density at radius 1 is 1.11 bits per heavy atom. The number of carboxylic acids is 1. The van der Waals surface area contributed by atoms with E-state index in [-0.39, 0.29) is 5.56 Å². The van der Waals surface area contributed by atoms with Gasteiger partial charge in [-0.1, -0.05) is 0 Å². The lowest BCUT2D eigenvalue weighted by molar-refractivity contribution is 0.0697. The zero-order valence-corrected chi connectivity index (χ0v) is 10.9. The average Bonchev–Trinajstić information content (AvgIpc) is 2.28. The summed E-state index contributed by atoms with van der Waals surface area (Å²) in [6.45, 7) is 3.85. The van der Waals surface area contributed by atoms with Gasteiger partial charge in [-0.2, -0.15) is 0 Å². The molecule has 1 heterocycles. The molecule has 0 unspecified atom stereocenters. The fraction of sp³-hybridized carbons (Fsp3) is 0.154. The summed E-state index contributed by atoms with van der Waals surface area (Å²) in [5.41, 5.74) is 2.13. The normalized spacial score (nSPS) is 10.3. The Morgan fingerprint density at radius 3 is 2.17 bits per heavy atom. The van der Waals surface area contributed by atoms with E-state index in [2.05, 4.69) is 9.97 Å². The summed E-state index contributed by atoms with van der Waals surface area (Å²) < 4.78 is 0. The van der Waals surface area contributed by atoms with Gasteiger partial charge in [0.2, 0.25) is 0 Å². The van der Waals surface area contributed by atoms with Crippen molar-refractivity contribution in [2.45, 2.75) is 23.9 Å². The van der Waals surface area contributed by atoms with Crippen LogP contribution in [0.3, 0.4) is 0 Å². The lowest BCUT2D eigenvalue weighted by atomic mass is 10.2. The van der Waals surface area contributed by atoms with Crippen molar-refractivity contribution in [3.8, 4) is 0 Å². The molecule has 5 heteroatoms. The fourth-order valence-electron chi connectivity index (χ4n) is 1.51. The molecule has 0 radical (unpaired) electrons. The third kappa shape index (κ3) is 3.07. The second-order valence-electron chi connectivity index (χ2n) is 3.86. The molecule has 0 aliphatic rings. The Morgan fingerprint density at radius 2 is 1.67 bits per heavy atom. The number of carbonyl (C=O) groups is 1. The molecule has 2 aromatic rings. The second-order valence-corrected chi connectivity index (χ2v) is 4.91. The number of aromatic carboxylic acids is 1. The number of rotatable bonds is 3. The van der Waals surface area contributed by atoms with Crippen LogP contribution in [0.2, 0.25) is 0 Å². The molecule has 1 N–H and O–H groups in total. The highest BCUT2D eigenvalue weighted by Gasteiger charge is 2.05. The van der Waals surface area contributed by atoms with Crippen molar-refractivity contribution in [3.05, 3.63) is 47.3 Å². The Labute approximate surface area is 109 Å². The zero-order chi connectivity index (χ0) is 13.1. The topological polar surface area (TPSA) is 63.1 Å². The summed E-state index contributed by atoms with van der Waals surface area (Å²) in [5, 5.41) is 9.48. The first kappa shape index (κ1) is 12.6. The summed E-state index contributed by atoms with van der Waals surface area (Å²) in [6.07, 6.45) is 0.